The van der Waals surface area contributed by atoms with Crippen molar-refractivity contribution in [3.63, 3.8) is 0 Å². The second kappa shape index (κ2) is 33.3. The summed E-state index contributed by atoms with van der Waals surface area (Å²) in [5.74, 6) is -1.34. The summed E-state index contributed by atoms with van der Waals surface area (Å²) >= 11 is -4.55. The van der Waals surface area contributed by atoms with Gasteiger partial charge in [-0.25, -0.2) is 0 Å². The summed E-state index contributed by atoms with van der Waals surface area (Å²) in [6.07, 6.45) is -0.316. The molecule has 0 fully saturated rings. The zero-order valence-electron chi connectivity index (χ0n) is 58.9. The first kappa shape index (κ1) is 77.0. The molecule has 0 heterocycles. The summed E-state index contributed by atoms with van der Waals surface area (Å²) < 4.78 is 157. The second-order valence-electron chi connectivity index (χ2n) is 26.5. The molecule has 16 nitrogen and oxygen atoms in total. The molecule has 1 aliphatic carbocycles. The van der Waals surface area contributed by atoms with Crippen LogP contribution in [0.4, 0.5) is 0 Å². The van der Waals surface area contributed by atoms with Crippen LogP contribution in [-0.2, 0) is 98.1 Å². The number of carbonyl (C=O) groups is 2. The molecule has 9 rings (SSSR count). The van der Waals surface area contributed by atoms with E-state index in [1.807, 2.05) is 27.7 Å². The van der Waals surface area contributed by atoms with Gasteiger partial charge in [-0.2, -0.15) is 33.7 Å². The van der Waals surface area contributed by atoms with Gasteiger partial charge in [0.2, 0.25) is 0 Å². The van der Waals surface area contributed by atoms with Crippen molar-refractivity contribution in [2.24, 2.45) is 0 Å². The van der Waals surface area contributed by atoms with Gasteiger partial charge < -0.3 is 8.37 Å². The van der Waals surface area contributed by atoms with Crippen LogP contribution in [0.3, 0.4) is 0 Å². The van der Waals surface area contributed by atoms with Gasteiger partial charge in [0.15, 0.2) is 0 Å². The first-order chi connectivity index (χ1) is 47.6. The molecule has 0 radical (unpaired) electrons. The van der Waals surface area contributed by atoms with Crippen molar-refractivity contribution in [1.29, 1.82) is 0 Å². The predicted molar refractivity (Wildman–Crippen MR) is 396 cm³/mol. The minimum atomic E-state index is -4.72. The van der Waals surface area contributed by atoms with Crippen molar-refractivity contribution in [2.45, 2.75) is 182 Å². The van der Waals surface area contributed by atoms with Gasteiger partial charge >= 0.3 is 382 Å². The summed E-state index contributed by atoms with van der Waals surface area (Å²) in [6, 6.07) is 41.3. The number of rotatable bonds is 30. The zero-order valence-corrected chi connectivity index (χ0v) is 66.4. The molecule has 0 aromatic heterocycles. The molecule has 8 bridgehead atoms. The zero-order chi connectivity index (χ0) is 72.2. The molecule has 8 aromatic carbocycles. The van der Waals surface area contributed by atoms with E-state index in [4.69, 9.17) is 26.2 Å². The maximum atomic E-state index is 15.0. The van der Waals surface area contributed by atoms with E-state index in [0.29, 0.717) is 11.1 Å². The standard InChI is InChI=1S/C78H92Ge2O16S4/c1-11-79(12-2,13-3)43-39-73(81)91-45-41-59-47-65-51-61-19-17-21-63(75(61)93-97(83,84)69-31-23-55(7)24-32-69)53-67-49-60(42-46-92-74(82)40-44-80(14-4,15-5)16-6)50-68(78(67)96-100(89,90)72-37-29-58(10)30-38-72)54-64-22-18-20-62(76(64)94-98(85,86)70-33-25-56(8)26-34-70)52-66(48-59)77(65)95-99(87,88)71-35-27-57(9)28-36-71/h17-38,47-50H,11-16,39-46,51-54H2,1-10H3. The molecule has 0 saturated heterocycles. The third-order valence-electron chi connectivity index (χ3n) is 20.0. The Kier molecular flexibility index (Phi) is 25.6. The van der Waals surface area contributed by atoms with E-state index in [1.54, 1.807) is 109 Å². The van der Waals surface area contributed by atoms with Crippen LogP contribution < -0.4 is 16.7 Å². The van der Waals surface area contributed by atoms with Gasteiger partial charge in [0.25, 0.3) is 0 Å². The Labute approximate surface area is 597 Å². The summed E-state index contributed by atoms with van der Waals surface area (Å²) in [4.78, 5) is 26.6. The number of benzene rings is 8. The summed E-state index contributed by atoms with van der Waals surface area (Å²) in [7, 11) is -18.9. The first-order valence-corrected chi connectivity index (χ1v) is 51.9. The first-order valence-electron chi connectivity index (χ1n) is 34.4. The van der Waals surface area contributed by atoms with E-state index in [0.717, 1.165) is 64.3 Å². The molecule has 1 aliphatic rings. The van der Waals surface area contributed by atoms with E-state index < -0.39 is 67.0 Å². The Hall–Kier alpha value is -7.21. The van der Waals surface area contributed by atoms with Crippen LogP contribution in [0.5, 0.6) is 23.0 Å². The molecule has 0 atom stereocenters. The van der Waals surface area contributed by atoms with Crippen LogP contribution in [0.15, 0.2) is 177 Å². The minimum absolute atomic E-state index is 0.0627. The van der Waals surface area contributed by atoms with E-state index in [1.165, 1.54) is 48.5 Å². The van der Waals surface area contributed by atoms with Gasteiger partial charge in [-0.15, -0.1) is 0 Å². The molecule has 0 amide bonds. The average molecular weight is 1560 g/mol. The number of esters is 2. The van der Waals surface area contributed by atoms with Crippen LogP contribution >= 0.6 is 0 Å². The van der Waals surface area contributed by atoms with Crippen LogP contribution in [-0.4, -0.2) is 85.4 Å². The van der Waals surface area contributed by atoms with Crippen molar-refractivity contribution in [3.05, 3.63) is 236 Å². The normalized spacial score (nSPS) is 12.9. The van der Waals surface area contributed by atoms with Gasteiger partial charge in [-0.1, -0.05) is 82.9 Å². The quantitative estimate of drug-likeness (QED) is 0.0232. The van der Waals surface area contributed by atoms with Crippen LogP contribution in [0, 0.1) is 27.7 Å². The Morgan fingerprint density at radius 1 is 0.330 bits per heavy atom. The van der Waals surface area contributed by atoms with Crippen LogP contribution in [0.25, 0.3) is 0 Å². The van der Waals surface area contributed by atoms with Crippen molar-refractivity contribution >= 4 is 78.9 Å². The molecule has 0 aliphatic heterocycles. The van der Waals surface area contributed by atoms with Crippen LogP contribution in [0.1, 0.15) is 132 Å². The number of para-hydroxylation sites is 2. The molecule has 100 heavy (non-hydrogen) atoms. The van der Waals surface area contributed by atoms with E-state index >= 15 is 0 Å². The number of ether oxygens (including phenoxy) is 2. The molecular weight excluding hydrogens is 1470 g/mol. The summed E-state index contributed by atoms with van der Waals surface area (Å²) in [6.45, 7) is 20.3. The van der Waals surface area contributed by atoms with Gasteiger partial charge in [-0.05, 0) is 76.2 Å². The predicted octanol–water partition coefficient (Wildman–Crippen LogP) is 16.6. The van der Waals surface area contributed by atoms with Crippen molar-refractivity contribution in [2.75, 3.05) is 13.2 Å². The van der Waals surface area contributed by atoms with E-state index in [2.05, 4.69) is 41.5 Å². The van der Waals surface area contributed by atoms with Gasteiger partial charge in [-0.3, -0.25) is 0 Å². The Morgan fingerprint density at radius 2 is 0.550 bits per heavy atom. The van der Waals surface area contributed by atoms with E-state index in [9.17, 15) is 43.3 Å². The monoisotopic (exact) mass is 1560 g/mol. The SMILES string of the molecule is C[CH2][Ge]([CH2]C)([CH2]C)[CH2]CC(=O)OCCc1cc2c(OS(=O)(=O)c3ccc(C)cc3)c(c1)Cc1cccc(c1OS(=O)(=O)c1ccc(C)cc1)Cc1cc(CCOC(=O)C[CH2][Ge]([CH2]C)([CH2]C)[CH2]C)cc(c1OS(=O)(=O)c1ccc(C)cc1)Cc1cccc(c1OS(=O)(=O)c1ccc(C)cc1)C2. The number of fused-ring (bicyclic) bond motifs is 8. The fourth-order valence-corrected chi connectivity index (χ4v) is 30.8. The Bertz CT molecular complexity index is 4300. The molecule has 0 saturated carbocycles. The van der Waals surface area contributed by atoms with Gasteiger partial charge in [0, 0.05) is 0 Å². The Balaban J connectivity index is 1.31. The van der Waals surface area contributed by atoms with E-state index in [-0.39, 0.29) is 164 Å². The Morgan fingerprint density at radius 3 is 0.770 bits per heavy atom. The van der Waals surface area contributed by atoms with Gasteiger partial charge in [0.1, 0.15) is 19.6 Å². The fourth-order valence-electron chi connectivity index (χ4n) is 13.0. The number of aryl methyl sites for hydroxylation is 4. The molecule has 8 aromatic rings. The maximum absolute atomic E-state index is 15.0. The second-order valence-corrected chi connectivity index (χ2v) is 56.2. The summed E-state index contributed by atoms with van der Waals surface area (Å²) in [5, 5.41) is 8.17. The fraction of sp³-hybridized carbons (Fsp3) is 0.359. The van der Waals surface area contributed by atoms with Crippen molar-refractivity contribution in [1.82, 2.24) is 0 Å². The third-order valence-corrected chi connectivity index (χ3v) is 49.3. The summed E-state index contributed by atoms with van der Waals surface area (Å²) in [5.41, 5.74) is 6.00. The van der Waals surface area contributed by atoms with Crippen LogP contribution in [0.2, 0.25) is 42.0 Å². The van der Waals surface area contributed by atoms with Crippen molar-refractivity contribution in [3.8, 4) is 23.0 Å². The molecule has 22 heteroatoms. The molecular formula is C78H92Ge2O16S4. The topological polar surface area (TPSA) is 226 Å². The molecule has 532 valence electrons. The number of carbonyl (C=O) groups excluding carboxylic acids is 2. The number of hydrogen-bond donors (Lipinski definition) is 0. The average Bonchev–Trinajstić information content (AvgIpc) is 0.767. The number of hydrogen-bond acceptors (Lipinski definition) is 16. The molecule has 0 N–H and O–H groups in total. The van der Waals surface area contributed by atoms with Crippen molar-refractivity contribution < 1.29 is 69.5 Å². The molecule has 0 spiro atoms. The molecule has 0 unspecified atom stereocenters. The third kappa shape index (κ3) is 19.3. The van der Waals surface area contributed by atoms with Gasteiger partial charge in [0.05, 0.1) is 0 Å².